The van der Waals surface area contributed by atoms with Gasteiger partial charge in [-0.3, -0.25) is 9.69 Å². The third kappa shape index (κ3) is 7.00. The van der Waals surface area contributed by atoms with Crippen molar-refractivity contribution in [2.45, 2.75) is 6.92 Å². The van der Waals surface area contributed by atoms with Crippen molar-refractivity contribution >= 4 is 45.8 Å². The van der Waals surface area contributed by atoms with Crippen LogP contribution in [0.1, 0.15) is 5.56 Å². The lowest BCUT2D eigenvalue weighted by atomic mass is 9.99. The van der Waals surface area contributed by atoms with Gasteiger partial charge < -0.3 is 20.3 Å². The third-order valence-electron chi connectivity index (χ3n) is 7.13. The van der Waals surface area contributed by atoms with Crippen LogP contribution in [-0.2, 0) is 14.3 Å². The van der Waals surface area contributed by atoms with Crippen molar-refractivity contribution in [2.75, 3.05) is 54.9 Å². The van der Waals surface area contributed by atoms with E-state index in [4.69, 9.17) is 9.72 Å². The predicted molar refractivity (Wildman–Crippen MR) is 168 cm³/mol. The first-order valence-electron chi connectivity index (χ1n) is 13.9. The number of fused-ring (bicyclic) bond motifs is 1. The summed E-state index contributed by atoms with van der Waals surface area (Å²) in [5.74, 6) is -0.137. The van der Waals surface area contributed by atoms with E-state index in [1.165, 1.54) is 12.2 Å². The number of hydrogen-bond donors (Lipinski definition) is 2. The molecule has 0 bridgehead atoms. The summed E-state index contributed by atoms with van der Waals surface area (Å²) in [6.07, 6.45) is 4.27. The van der Waals surface area contributed by atoms with Crippen molar-refractivity contribution in [3.05, 3.63) is 97.7 Å². The van der Waals surface area contributed by atoms with Gasteiger partial charge in [-0.25, -0.2) is 14.8 Å². The predicted octanol–water partition coefficient (Wildman–Crippen LogP) is 5.32. The van der Waals surface area contributed by atoms with Crippen LogP contribution in [0.3, 0.4) is 0 Å². The van der Waals surface area contributed by atoms with Crippen LogP contribution in [0.25, 0.3) is 22.0 Å². The molecule has 5 rings (SSSR count). The molecule has 42 heavy (non-hydrogen) atoms. The maximum atomic E-state index is 11.8. The molecule has 0 unspecified atom stereocenters. The molecule has 4 aromatic rings. The Hall–Kier alpha value is -5.02. The van der Waals surface area contributed by atoms with Gasteiger partial charge in [0.1, 0.15) is 6.61 Å². The molecule has 1 aromatic heterocycles. The molecule has 3 aromatic carbocycles. The van der Waals surface area contributed by atoms with Gasteiger partial charge in [-0.1, -0.05) is 25.3 Å². The zero-order valence-corrected chi connectivity index (χ0v) is 23.7. The first-order chi connectivity index (χ1) is 20.4. The van der Waals surface area contributed by atoms with Crippen molar-refractivity contribution < 1.29 is 14.3 Å². The molecule has 9 heteroatoms. The largest absolute Gasteiger partial charge is 0.461 e. The molecule has 1 saturated heterocycles. The van der Waals surface area contributed by atoms with Gasteiger partial charge in [-0.15, -0.1) is 0 Å². The number of ether oxygens (including phenoxy) is 1. The third-order valence-corrected chi connectivity index (χ3v) is 7.13. The minimum atomic E-state index is -0.382. The van der Waals surface area contributed by atoms with Gasteiger partial charge in [0.25, 0.3) is 0 Å². The Morgan fingerprint density at radius 2 is 1.76 bits per heavy atom. The first kappa shape index (κ1) is 28.5. The molecule has 0 aliphatic carbocycles. The fourth-order valence-electron chi connectivity index (χ4n) is 4.98. The second kappa shape index (κ2) is 13.1. The normalized spacial score (nSPS) is 13.4. The monoisotopic (exact) mass is 562 g/mol. The highest BCUT2D eigenvalue weighted by molar-refractivity contribution is 6.00. The van der Waals surface area contributed by atoms with E-state index >= 15 is 0 Å². The molecule has 1 fully saturated rings. The quantitative estimate of drug-likeness (QED) is 0.198. The molecule has 2 heterocycles. The lowest BCUT2D eigenvalue weighted by Gasteiger charge is -2.36. The number of piperazine rings is 1. The van der Waals surface area contributed by atoms with Gasteiger partial charge in [0.05, 0.1) is 5.52 Å². The Balaban J connectivity index is 1.27. The molecular formula is C33H34N6O3. The van der Waals surface area contributed by atoms with Gasteiger partial charge in [-0.05, 0) is 72.7 Å². The van der Waals surface area contributed by atoms with Crippen LogP contribution >= 0.6 is 0 Å². The number of carbonyl (C=O) groups is 2. The maximum Gasteiger partial charge on any atom is 0.330 e. The van der Waals surface area contributed by atoms with Crippen molar-refractivity contribution in [3.8, 4) is 11.1 Å². The molecule has 0 spiro atoms. The van der Waals surface area contributed by atoms with E-state index in [1.54, 1.807) is 0 Å². The summed E-state index contributed by atoms with van der Waals surface area (Å²) in [5.41, 5.74) is 6.54. The summed E-state index contributed by atoms with van der Waals surface area (Å²) in [4.78, 5) is 37.1. The van der Waals surface area contributed by atoms with E-state index in [2.05, 4.69) is 62.8 Å². The number of esters is 1. The molecule has 0 saturated carbocycles. The summed E-state index contributed by atoms with van der Waals surface area (Å²) in [5, 5.41) is 7.10. The fourth-order valence-corrected chi connectivity index (χ4v) is 4.98. The lowest BCUT2D eigenvalue weighted by Crippen LogP contribution is -2.47. The maximum absolute atomic E-state index is 11.8. The Bertz CT molecular complexity index is 1610. The van der Waals surface area contributed by atoms with Crippen LogP contribution in [0.2, 0.25) is 0 Å². The van der Waals surface area contributed by atoms with E-state index in [9.17, 15) is 9.59 Å². The molecule has 1 amide bonds. The van der Waals surface area contributed by atoms with E-state index in [1.807, 2.05) is 49.5 Å². The zero-order valence-electron chi connectivity index (χ0n) is 23.7. The fraction of sp³-hybridized carbons (Fsp3) is 0.212. The van der Waals surface area contributed by atoms with Crippen LogP contribution < -0.4 is 15.5 Å². The first-order valence-corrected chi connectivity index (χ1v) is 13.9. The van der Waals surface area contributed by atoms with E-state index in [-0.39, 0.29) is 11.9 Å². The molecule has 2 N–H and O–H groups in total. The van der Waals surface area contributed by atoms with Crippen molar-refractivity contribution in [1.29, 1.82) is 0 Å². The Kier molecular flexibility index (Phi) is 8.89. The number of nitrogens with one attached hydrogen (secondary N) is 2. The zero-order chi connectivity index (χ0) is 29.5. The van der Waals surface area contributed by atoms with Gasteiger partial charge >= 0.3 is 5.97 Å². The molecule has 1 aliphatic rings. The summed E-state index contributed by atoms with van der Waals surface area (Å²) in [6.45, 7) is 13.7. The van der Waals surface area contributed by atoms with Crippen molar-refractivity contribution in [3.63, 3.8) is 0 Å². The Morgan fingerprint density at radius 1 is 0.976 bits per heavy atom. The van der Waals surface area contributed by atoms with Crippen LogP contribution in [0.5, 0.6) is 0 Å². The van der Waals surface area contributed by atoms with Gasteiger partial charge in [0.15, 0.2) is 0 Å². The van der Waals surface area contributed by atoms with Crippen LogP contribution in [0.4, 0.5) is 23.0 Å². The number of rotatable bonds is 10. The number of anilines is 4. The van der Waals surface area contributed by atoms with E-state index in [0.717, 1.165) is 71.7 Å². The molecule has 9 nitrogen and oxygen atoms in total. The molecule has 0 atom stereocenters. The van der Waals surface area contributed by atoms with Crippen LogP contribution in [-0.4, -0.2) is 66.1 Å². The molecule has 0 radical (unpaired) electrons. The number of aromatic nitrogens is 2. The number of aryl methyl sites for hydroxylation is 1. The summed E-state index contributed by atoms with van der Waals surface area (Å²) < 4.78 is 5.10. The number of nitrogens with zero attached hydrogens (tertiary/aromatic N) is 4. The summed E-state index contributed by atoms with van der Waals surface area (Å²) in [6, 6.07) is 20.1. The average molecular weight is 563 g/mol. The lowest BCUT2D eigenvalue weighted by molar-refractivity contribution is -0.138. The van der Waals surface area contributed by atoms with Gasteiger partial charge in [-0.2, -0.15) is 0 Å². The number of hydrogen-bond acceptors (Lipinski definition) is 8. The minimum absolute atomic E-state index is 0.257. The second-order valence-corrected chi connectivity index (χ2v) is 10.1. The molecular weight excluding hydrogens is 528 g/mol. The average Bonchev–Trinajstić information content (AvgIpc) is 3.01. The van der Waals surface area contributed by atoms with Crippen LogP contribution in [0.15, 0.2) is 92.2 Å². The van der Waals surface area contributed by atoms with Crippen LogP contribution in [0, 0.1) is 6.92 Å². The van der Waals surface area contributed by atoms with Crippen molar-refractivity contribution in [2.24, 2.45) is 0 Å². The topological polar surface area (TPSA) is 99.7 Å². The number of carbonyl (C=O) groups excluding carboxylic acids is 2. The van der Waals surface area contributed by atoms with E-state index < -0.39 is 0 Å². The van der Waals surface area contributed by atoms with Gasteiger partial charge in [0, 0.05) is 73.0 Å². The summed E-state index contributed by atoms with van der Waals surface area (Å²) in [7, 11) is 0. The highest BCUT2D eigenvalue weighted by Crippen LogP contribution is 2.31. The Morgan fingerprint density at radius 3 is 2.50 bits per heavy atom. The Labute approximate surface area is 245 Å². The SMILES string of the molecule is C=CC(=O)Nc1cccc(-c2cc(C)cc3cnc(Nc4ccc(N5CCN(CCOC(=O)C=C)CC5)cc4)nc23)c1. The molecule has 214 valence electrons. The standard InChI is InChI=1S/C33H34N6O3/c1-4-30(40)35-27-8-6-7-24(21-27)29-20-23(3)19-25-22-34-33(37-32(25)29)36-26-9-11-28(12-10-26)39-15-13-38(14-16-39)17-18-42-31(41)5-2/h4-12,19-22H,1-2,13-18H2,3H3,(H,35,40)(H,34,36,37). The smallest absolute Gasteiger partial charge is 0.330 e. The number of amides is 1. The molecule has 1 aliphatic heterocycles. The number of benzene rings is 3. The summed E-state index contributed by atoms with van der Waals surface area (Å²) >= 11 is 0. The highest BCUT2D eigenvalue weighted by atomic mass is 16.5. The minimum Gasteiger partial charge on any atom is -0.461 e. The van der Waals surface area contributed by atoms with Gasteiger partial charge in [0.2, 0.25) is 11.9 Å². The second-order valence-electron chi connectivity index (χ2n) is 10.1. The van der Waals surface area contributed by atoms with E-state index in [0.29, 0.717) is 18.2 Å². The highest BCUT2D eigenvalue weighted by Gasteiger charge is 2.17. The van der Waals surface area contributed by atoms with Crippen molar-refractivity contribution in [1.82, 2.24) is 14.9 Å².